The van der Waals surface area contributed by atoms with Gasteiger partial charge in [-0.05, 0) is 24.6 Å². The number of aromatic nitrogens is 2. The van der Waals surface area contributed by atoms with E-state index in [1.54, 1.807) is 6.07 Å². The second-order valence-corrected chi connectivity index (χ2v) is 4.60. The summed E-state index contributed by atoms with van der Waals surface area (Å²) in [6.45, 7) is 1.82. The summed E-state index contributed by atoms with van der Waals surface area (Å²) in [6, 6.07) is 5.35. The van der Waals surface area contributed by atoms with Crippen LogP contribution >= 0.6 is 15.9 Å². The molecule has 19 heavy (non-hydrogen) atoms. The third-order valence-electron chi connectivity index (χ3n) is 2.36. The number of hydrogen-bond acceptors (Lipinski definition) is 6. The molecule has 0 saturated heterocycles. The first-order valence-electron chi connectivity index (χ1n) is 5.18. The largest absolute Gasteiger partial charge is 0.433 e. The standard InChI is InChI=1S/C11H9BrN4O3/c1-6-2-3-7(12)4-8(6)19-11-9(16(17)18)10(13)14-5-15-11/h2-5H,1H3,(H2,13,14,15). The highest BCUT2D eigenvalue weighted by Crippen LogP contribution is 2.34. The van der Waals surface area contributed by atoms with Crippen LogP contribution in [0.25, 0.3) is 0 Å². The molecule has 0 fully saturated rings. The monoisotopic (exact) mass is 324 g/mol. The summed E-state index contributed by atoms with van der Waals surface area (Å²) in [5.41, 5.74) is 5.83. The van der Waals surface area contributed by atoms with Crippen LogP contribution in [0.15, 0.2) is 29.0 Å². The molecule has 7 nitrogen and oxygen atoms in total. The van der Waals surface area contributed by atoms with Gasteiger partial charge in [0.1, 0.15) is 12.1 Å². The van der Waals surface area contributed by atoms with Gasteiger partial charge >= 0.3 is 11.6 Å². The van der Waals surface area contributed by atoms with Crippen molar-refractivity contribution in [3.05, 3.63) is 44.7 Å². The van der Waals surface area contributed by atoms with Gasteiger partial charge < -0.3 is 10.5 Å². The number of halogens is 1. The summed E-state index contributed by atoms with van der Waals surface area (Å²) in [4.78, 5) is 17.6. The topological polar surface area (TPSA) is 104 Å². The Bertz CT molecular complexity index is 648. The van der Waals surface area contributed by atoms with E-state index < -0.39 is 10.6 Å². The van der Waals surface area contributed by atoms with Crippen LogP contribution in [0.3, 0.4) is 0 Å². The van der Waals surface area contributed by atoms with Crippen LogP contribution < -0.4 is 10.5 Å². The van der Waals surface area contributed by atoms with Crippen molar-refractivity contribution < 1.29 is 9.66 Å². The molecule has 8 heteroatoms. The molecule has 0 bridgehead atoms. The van der Waals surface area contributed by atoms with E-state index in [-0.39, 0.29) is 11.7 Å². The van der Waals surface area contributed by atoms with Crippen LogP contribution in [0.4, 0.5) is 11.5 Å². The molecule has 0 aliphatic rings. The Morgan fingerprint density at radius 2 is 2.16 bits per heavy atom. The maximum absolute atomic E-state index is 10.9. The van der Waals surface area contributed by atoms with E-state index in [0.29, 0.717) is 5.75 Å². The summed E-state index contributed by atoms with van der Waals surface area (Å²) >= 11 is 3.30. The van der Waals surface area contributed by atoms with Crippen molar-refractivity contribution in [2.75, 3.05) is 5.73 Å². The number of nitrogens with zero attached hydrogens (tertiary/aromatic N) is 3. The van der Waals surface area contributed by atoms with Gasteiger partial charge in [0.05, 0.1) is 4.92 Å². The number of anilines is 1. The molecule has 0 atom stereocenters. The molecule has 1 aromatic heterocycles. The predicted molar refractivity (Wildman–Crippen MR) is 72.1 cm³/mol. The Morgan fingerprint density at radius 3 is 2.84 bits per heavy atom. The Labute approximate surface area is 116 Å². The van der Waals surface area contributed by atoms with Gasteiger partial charge in [0.25, 0.3) is 0 Å². The van der Waals surface area contributed by atoms with Crippen molar-refractivity contribution >= 4 is 27.4 Å². The zero-order valence-corrected chi connectivity index (χ0v) is 11.4. The molecule has 2 N–H and O–H groups in total. The van der Waals surface area contributed by atoms with Crippen molar-refractivity contribution in [1.29, 1.82) is 0 Å². The molecule has 0 aliphatic carbocycles. The van der Waals surface area contributed by atoms with Crippen molar-refractivity contribution in [3.63, 3.8) is 0 Å². The van der Waals surface area contributed by atoms with E-state index in [4.69, 9.17) is 10.5 Å². The van der Waals surface area contributed by atoms with Gasteiger partial charge in [-0.15, -0.1) is 0 Å². The molecule has 98 valence electrons. The number of benzene rings is 1. The second-order valence-electron chi connectivity index (χ2n) is 3.68. The second kappa shape index (κ2) is 5.19. The molecule has 2 aromatic rings. The maximum Gasteiger partial charge on any atom is 0.372 e. The molecule has 1 aromatic carbocycles. The predicted octanol–water partition coefficient (Wildman–Crippen LogP) is 2.83. The number of hydrogen-bond donors (Lipinski definition) is 1. The van der Waals surface area contributed by atoms with Crippen LogP contribution in [0.1, 0.15) is 5.56 Å². The van der Waals surface area contributed by atoms with Crippen molar-refractivity contribution in [2.45, 2.75) is 6.92 Å². The summed E-state index contributed by atoms with van der Waals surface area (Å²) in [6.07, 6.45) is 1.12. The number of aryl methyl sites for hydroxylation is 1. The lowest BCUT2D eigenvalue weighted by atomic mass is 10.2. The number of nitrogen functional groups attached to an aromatic ring is 1. The fraction of sp³-hybridized carbons (Fsp3) is 0.0909. The molecule has 0 amide bonds. The summed E-state index contributed by atoms with van der Waals surface area (Å²) < 4.78 is 6.25. The molecular formula is C11H9BrN4O3. The van der Waals surface area contributed by atoms with E-state index in [1.165, 1.54) is 0 Å². The highest BCUT2D eigenvalue weighted by Gasteiger charge is 2.23. The Morgan fingerprint density at radius 1 is 1.42 bits per heavy atom. The van der Waals surface area contributed by atoms with E-state index in [9.17, 15) is 10.1 Å². The van der Waals surface area contributed by atoms with Crippen LogP contribution in [0.5, 0.6) is 11.6 Å². The third-order valence-corrected chi connectivity index (χ3v) is 2.85. The normalized spacial score (nSPS) is 10.2. The minimum Gasteiger partial charge on any atom is -0.433 e. The van der Waals surface area contributed by atoms with Gasteiger partial charge in [-0.2, -0.15) is 4.98 Å². The smallest absolute Gasteiger partial charge is 0.372 e. The summed E-state index contributed by atoms with van der Waals surface area (Å²) in [5.74, 6) is 0.0388. The zero-order chi connectivity index (χ0) is 14.0. The van der Waals surface area contributed by atoms with Gasteiger partial charge in [-0.25, -0.2) is 4.98 Å². The van der Waals surface area contributed by atoms with Crippen LogP contribution in [-0.4, -0.2) is 14.9 Å². The van der Waals surface area contributed by atoms with Crippen LogP contribution in [0.2, 0.25) is 0 Å². The van der Waals surface area contributed by atoms with E-state index in [1.807, 2.05) is 19.1 Å². The minimum absolute atomic E-state index is 0.182. The molecule has 0 unspecified atom stereocenters. The van der Waals surface area contributed by atoms with Crippen molar-refractivity contribution in [2.24, 2.45) is 0 Å². The molecule has 2 rings (SSSR count). The molecule has 0 spiro atoms. The van der Waals surface area contributed by atoms with Gasteiger partial charge in [0, 0.05) is 4.47 Å². The first-order valence-corrected chi connectivity index (χ1v) is 5.97. The highest BCUT2D eigenvalue weighted by atomic mass is 79.9. The van der Waals surface area contributed by atoms with Gasteiger partial charge in [-0.3, -0.25) is 10.1 Å². The first kappa shape index (κ1) is 13.2. The number of ether oxygens (including phenoxy) is 1. The summed E-state index contributed by atoms with van der Waals surface area (Å²) in [7, 11) is 0. The van der Waals surface area contributed by atoms with E-state index in [2.05, 4.69) is 25.9 Å². The minimum atomic E-state index is -0.669. The highest BCUT2D eigenvalue weighted by molar-refractivity contribution is 9.10. The van der Waals surface area contributed by atoms with E-state index in [0.717, 1.165) is 16.4 Å². The SMILES string of the molecule is Cc1ccc(Br)cc1Oc1ncnc(N)c1[N+](=O)[O-]. The third kappa shape index (κ3) is 2.79. The Balaban J connectivity index is 2.46. The lowest BCUT2D eigenvalue weighted by Gasteiger charge is -2.08. The number of nitrogens with two attached hydrogens (primary N) is 1. The molecule has 0 saturated carbocycles. The van der Waals surface area contributed by atoms with Gasteiger partial charge in [0.15, 0.2) is 0 Å². The number of nitro groups is 1. The van der Waals surface area contributed by atoms with Crippen molar-refractivity contribution in [3.8, 4) is 11.6 Å². The first-order chi connectivity index (χ1) is 8.99. The van der Waals surface area contributed by atoms with Crippen molar-refractivity contribution in [1.82, 2.24) is 9.97 Å². The van der Waals surface area contributed by atoms with Crippen LogP contribution in [0, 0.1) is 17.0 Å². The lowest BCUT2D eigenvalue weighted by Crippen LogP contribution is -2.03. The quantitative estimate of drug-likeness (QED) is 0.687. The number of rotatable bonds is 3. The summed E-state index contributed by atoms with van der Waals surface area (Å²) in [5, 5.41) is 10.9. The fourth-order valence-corrected chi connectivity index (χ4v) is 1.75. The van der Waals surface area contributed by atoms with Gasteiger partial charge in [0.2, 0.25) is 5.82 Å². The average molecular weight is 325 g/mol. The molecule has 1 heterocycles. The Hall–Kier alpha value is -2.22. The average Bonchev–Trinajstić information content (AvgIpc) is 2.33. The van der Waals surface area contributed by atoms with Gasteiger partial charge in [-0.1, -0.05) is 22.0 Å². The molecular weight excluding hydrogens is 316 g/mol. The van der Waals surface area contributed by atoms with Crippen LogP contribution in [-0.2, 0) is 0 Å². The van der Waals surface area contributed by atoms with E-state index >= 15 is 0 Å². The Kier molecular flexibility index (Phi) is 3.61. The fourth-order valence-electron chi connectivity index (χ4n) is 1.41. The zero-order valence-electron chi connectivity index (χ0n) is 9.83. The molecule has 0 radical (unpaired) electrons. The lowest BCUT2D eigenvalue weighted by molar-refractivity contribution is -0.385. The molecule has 0 aliphatic heterocycles. The maximum atomic E-state index is 10.9.